The highest BCUT2D eigenvalue weighted by molar-refractivity contribution is 6.29. The van der Waals surface area contributed by atoms with Gasteiger partial charge in [-0.25, -0.2) is 0 Å². The van der Waals surface area contributed by atoms with Crippen LogP contribution in [0.4, 0.5) is 0 Å². The number of hydrogen-bond donors (Lipinski definition) is 2. The van der Waals surface area contributed by atoms with Crippen LogP contribution in [0.25, 0.3) is 0 Å². The van der Waals surface area contributed by atoms with Crippen LogP contribution >= 0.6 is 11.6 Å². The van der Waals surface area contributed by atoms with E-state index in [2.05, 4.69) is 22.3 Å². The first-order valence-corrected chi connectivity index (χ1v) is 8.47. The van der Waals surface area contributed by atoms with Gasteiger partial charge in [0, 0.05) is 31.7 Å². The van der Waals surface area contributed by atoms with Crippen molar-refractivity contribution in [1.82, 2.24) is 10.2 Å². The van der Waals surface area contributed by atoms with Gasteiger partial charge in [0.15, 0.2) is 11.0 Å². The van der Waals surface area contributed by atoms with Gasteiger partial charge < -0.3 is 14.8 Å². The molecule has 24 heavy (non-hydrogen) atoms. The van der Waals surface area contributed by atoms with E-state index < -0.39 is 0 Å². The molecule has 2 atom stereocenters. The summed E-state index contributed by atoms with van der Waals surface area (Å²) < 4.78 is 5.16. The number of piperidine rings is 1. The Labute approximate surface area is 146 Å². The Morgan fingerprint density at radius 1 is 1.29 bits per heavy atom. The first-order valence-electron chi connectivity index (χ1n) is 8.09. The van der Waals surface area contributed by atoms with Crippen LogP contribution in [0, 0.1) is 5.92 Å². The number of hydrogen-bond acceptors (Lipinski definition) is 4. The SMILES string of the molecule is O=C(NC1CN(Cc2ccccc2)CCC1CO)c1ccc(Cl)o1. The van der Waals surface area contributed by atoms with Crippen LogP contribution in [-0.2, 0) is 6.54 Å². The zero-order chi connectivity index (χ0) is 16.9. The highest BCUT2D eigenvalue weighted by atomic mass is 35.5. The lowest BCUT2D eigenvalue weighted by atomic mass is 9.92. The Bertz CT molecular complexity index is 674. The summed E-state index contributed by atoms with van der Waals surface area (Å²) in [5, 5.41) is 12.8. The molecule has 5 nitrogen and oxygen atoms in total. The number of aliphatic hydroxyl groups excluding tert-OH is 1. The number of aliphatic hydroxyl groups is 1. The first-order chi connectivity index (χ1) is 11.7. The molecule has 128 valence electrons. The average Bonchev–Trinajstić information content (AvgIpc) is 3.03. The van der Waals surface area contributed by atoms with Crippen LogP contribution in [0.15, 0.2) is 46.9 Å². The average molecular weight is 349 g/mol. The maximum Gasteiger partial charge on any atom is 0.287 e. The van der Waals surface area contributed by atoms with Gasteiger partial charge in [0.05, 0.1) is 0 Å². The zero-order valence-corrected chi connectivity index (χ0v) is 14.1. The molecule has 2 aromatic rings. The molecule has 2 unspecified atom stereocenters. The second-order valence-corrected chi connectivity index (χ2v) is 6.51. The standard InChI is InChI=1S/C18H21ClN2O3/c19-17-7-6-16(24-17)18(23)20-15-11-21(9-8-14(15)12-22)10-13-4-2-1-3-5-13/h1-7,14-15,22H,8-12H2,(H,20,23). The van der Waals surface area contributed by atoms with Gasteiger partial charge in [-0.3, -0.25) is 9.69 Å². The van der Waals surface area contributed by atoms with Gasteiger partial charge in [0.1, 0.15) is 0 Å². The van der Waals surface area contributed by atoms with Gasteiger partial charge in [0.25, 0.3) is 5.91 Å². The van der Waals surface area contributed by atoms with Crippen LogP contribution in [-0.4, -0.2) is 41.7 Å². The lowest BCUT2D eigenvalue weighted by Gasteiger charge is -2.38. The largest absolute Gasteiger partial charge is 0.440 e. The Morgan fingerprint density at radius 3 is 2.75 bits per heavy atom. The van der Waals surface area contributed by atoms with Crippen molar-refractivity contribution in [3.05, 3.63) is 59.0 Å². The summed E-state index contributed by atoms with van der Waals surface area (Å²) in [7, 11) is 0. The number of halogens is 1. The number of carbonyl (C=O) groups is 1. The van der Waals surface area contributed by atoms with E-state index in [1.807, 2.05) is 18.2 Å². The summed E-state index contributed by atoms with van der Waals surface area (Å²) in [4.78, 5) is 14.6. The van der Waals surface area contributed by atoms with E-state index in [1.165, 1.54) is 5.56 Å². The fourth-order valence-electron chi connectivity index (χ4n) is 3.11. The molecule has 1 fully saturated rings. The summed E-state index contributed by atoms with van der Waals surface area (Å²) in [6.45, 7) is 2.49. The molecular weight excluding hydrogens is 328 g/mol. The molecule has 0 bridgehead atoms. The molecule has 0 radical (unpaired) electrons. The van der Waals surface area contributed by atoms with Crippen LogP contribution in [0.2, 0.25) is 5.22 Å². The third kappa shape index (κ3) is 4.17. The molecule has 6 heteroatoms. The van der Waals surface area contributed by atoms with Gasteiger partial charge >= 0.3 is 0 Å². The van der Waals surface area contributed by atoms with Crippen molar-refractivity contribution >= 4 is 17.5 Å². The van der Waals surface area contributed by atoms with Crippen molar-refractivity contribution in [2.24, 2.45) is 5.92 Å². The van der Waals surface area contributed by atoms with Crippen molar-refractivity contribution in [3.63, 3.8) is 0 Å². The maximum atomic E-state index is 12.3. The fourth-order valence-corrected chi connectivity index (χ4v) is 3.26. The summed E-state index contributed by atoms with van der Waals surface area (Å²) in [6.07, 6.45) is 0.840. The molecule has 2 heterocycles. The van der Waals surface area contributed by atoms with Crippen LogP contribution in [0.3, 0.4) is 0 Å². The minimum atomic E-state index is -0.299. The quantitative estimate of drug-likeness (QED) is 0.871. The minimum Gasteiger partial charge on any atom is -0.440 e. The fraction of sp³-hybridized carbons (Fsp3) is 0.389. The zero-order valence-electron chi connectivity index (χ0n) is 13.3. The van der Waals surface area contributed by atoms with Crippen molar-refractivity contribution in [2.75, 3.05) is 19.7 Å². The van der Waals surface area contributed by atoms with E-state index in [-0.39, 0.29) is 35.5 Å². The molecule has 1 aromatic carbocycles. The summed E-state index contributed by atoms with van der Waals surface area (Å²) in [6, 6.07) is 13.2. The van der Waals surface area contributed by atoms with E-state index in [1.54, 1.807) is 12.1 Å². The maximum absolute atomic E-state index is 12.3. The molecule has 1 saturated heterocycles. The molecule has 2 N–H and O–H groups in total. The third-order valence-corrected chi connectivity index (χ3v) is 4.64. The number of benzene rings is 1. The Balaban J connectivity index is 1.64. The molecular formula is C18H21ClN2O3. The third-order valence-electron chi connectivity index (χ3n) is 4.44. The number of nitrogens with one attached hydrogen (secondary N) is 1. The second kappa shape index (κ2) is 7.83. The predicted molar refractivity (Wildman–Crippen MR) is 91.9 cm³/mol. The smallest absolute Gasteiger partial charge is 0.287 e. The van der Waals surface area contributed by atoms with Crippen LogP contribution in [0.5, 0.6) is 0 Å². The van der Waals surface area contributed by atoms with Gasteiger partial charge in [-0.2, -0.15) is 0 Å². The van der Waals surface area contributed by atoms with Gasteiger partial charge in [-0.05, 0) is 42.3 Å². The number of likely N-dealkylation sites (tertiary alicyclic amines) is 1. The summed E-state index contributed by atoms with van der Waals surface area (Å²) >= 11 is 5.72. The Hall–Kier alpha value is -1.82. The molecule has 0 saturated carbocycles. The number of rotatable bonds is 5. The first kappa shape index (κ1) is 17.0. The van der Waals surface area contributed by atoms with Crippen LogP contribution in [0.1, 0.15) is 22.5 Å². The molecule has 0 spiro atoms. The molecule has 1 amide bonds. The predicted octanol–water partition coefficient (Wildman–Crippen LogP) is 2.55. The van der Waals surface area contributed by atoms with Crippen molar-refractivity contribution in [2.45, 2.75) is 19.0 Å². The molecule has 1 aromatic heterocycles. The Kier molecular flexibility index (Phi) is 5.56. The van der Waals surface area contributed by atoms with E-state index in [0.29, 0.717) is 6.54 Å². The van der Waals surface area contributed by atoms with E-state index in [4.69, 9.17) is 16.0 Å². The highest BCUT2D eigenvalue weighted by Crippen LogP contribution is 2.20. The molecule has 1 aliphatic rings. The number of furan rings is 1. The van der Waals surface area contributed by atoms with Gasteiger partial charge in [-0.15, -0.1) is 0 Å². The molecule has 0 aliphatic carbocycles. The number of carbonyl (C=O) groups excluding carboxylic acids is 1. The van der Waals surface area contributed by atoms with Gasteiger partial charge in [-0.1, -0.05) is 30.3 Å². The Morgan fingerprint density at radius 2 is 2.08 bits per heavy atom. The second-order valence-electron chi connectivity index (χ2n) is 6.14. The molecule has 3 rings (SSSR count). The van der Waals surface area contributed by atoms with Crippen molar-refractivity contribution in [3.8, 4) is 0 Å². The van der Waals surface area contributed by atoms with E-state index in [0.717, 1.165) is 19.5 Å². The van der Waals surface area contributed by atoms with E-state index >= 15 is 0 Å². The van der Waals surface area contributed by atoms with E-state index in [9.17, 15) is 9.90 Å². The monoisotopic (exact) mass is 348 g/mol. The summed E-state index contributed by atoms with van der Waals surface area (Å²) in [5.41, 5.74) is 1.24. The normalized spacial score (nSPS) is 21.6. The minimum absolute atomic E-state index is 0.0476. The highest BCUT2D eigenvalue weighted by Gasteiger charge is 2.30. The number of amides is 1. The van der Waals surface area contributed by atoms with Crippen LogP contribution < -0.4 is 5.32 Å². The molecule has 1 aliphatic heterocycles. The van der Waals surface area contributed by atoms with Gasteiger partial charge in [0.2, 0.25) is 0 Å². The number of nitrogens with zero attached hydrogens (tertiary/aromatic N) is 1. The van der Waals surface area contributed by atoms with Crippen molar-refractivity contribution in [1.29, 1.82) is 0 Å². The lowest BCUT2D eigenvalue weighted by Crippen LogP contribution is -2.53. The topological polar surface area (TPSA) is 65.7 Å². The summed E-state index contributed by atoms with van der Waals surface area (Å²) in [5.74, 6) is -0.0600. The lowest BCUT2D eigenvalue weighted by molar-refractivity contribution is 0.0711. The van der Waals surface area contributed by atoms with Crippen molar-refractivity contribution < 1.29 is 14.3 Å².